The first-order chi connectivity index (χ1) is 13.1. The number of amides is 1. The van der Waals surface area contributed by atoms with Gasteiger partial charge in [-0.3, -0.25) is 10.2 Å². The van der Waals surface area contributed by atoms with Crippen LogP contribution in [0.15, 0.2) is 65.8 Å². The van der Waals surface area contributed by atoms with E-state index in [1.54, 1.807) is 6.21 Å². The van der Waals surface area contributed by atoms with Gasteiger partial charge >= 0.3 is 0 Å². The normalized spacial score (nSPS) is 11.2. The van der Waals surface area contributed by atoms with E-state index in [1.165, 1.54) is 23.8 Å². The fourth-order valence-electron chi connectivity index (χ4n) is 2.37. The Morgan fingerprint density at radius 1 is 1.11 bits per heavy atom. The summed E-state index contributed by atoms with van der Waals surface area (Å²) in [5, 5.41) is 8.32. The lowest BCUT2D eigenvalue weighted by atomic mass is 10.1. The highest BCUT2D eigenvalue weighted by atomic mass is 32.1. The molecule has 6 heteroatoms. The average Bonchev–Trinajstić information content (AvgIpc) is 3.05. The molecule has 0 aliphatic carbocycles. The van der Waals surface area contributed by atoms with Crippen LogP contribution >= 0.6 is 11.3 Å². The highest BCUT2D eigenvalue weighted by Gasteiger charge is 2.14. The number of aryl methyl sites for hydroxylation is 1. The molecule has 0 unspecified atom stereocenters. The van der Waals surface area contributed by atoms with E-state index in [-0.39, 0.29) is 5.91 Å². The molecular weight excluding hydrogens is 356 g/mol. The van der Waals surface area contributed by atoms with Crippen LogP contribution in [0.4, 0.5) is 10.1 Å². The van der Waals surface area contributed by atoms with Gasteiger partial charge in [-0.25, -0.2) is 4.98 Å². The molecule has 0 saturated carbocycles. The molecule has 0 aliphatic heterocycles. The molecule has 27 heavy (non-hydrogen) atoms. The molecular formula is C21H20N4OS. The van der Waals surface area contributed by atoms with E-state index in [4.69, 9.17) is 0 Å². The lowest BCUT2D eigenvalue weighted by Gasteiger charge is -2.02. The number of rotatable bonds is 6. The summed E-state index contributed by atoms with van der Waals surface area (Å²) in [5.41, 5.74) is 6.87. The smallest absolute Gasteiger partial charge is 0.221 e. The number of thiazole rings is 1. The van der Waals surface area contributed by atoms with E-state index in [2.05, 4.69) is 20.8 Å². The second-order valence-corrected chi connectivity index (χ2v) is 6.90. The predicted molar refractivity (Wildman–Crippen MR) is 114 cm³/mol. The van der Waals surface area contributed by atoms with Crippen LogP contribution in [0.2, 0.25) is 0 Å². The molecule has 0 atom stereocenters. The van der Waals surface area contributed by atoms with Gasteiger partial charge in [-0.2, -0.15) is 5.10 Å². The molecule has 0 fully saturated rings. The van der Waals surface area contributed by atoms with Crippen molar-refractivity contribution in [3.8, 4) is 11.3 Å². The van der Waals surface area contributed by atoms with Gasteiger partial charge < -0.3 is 5.32 Å². The van der Waals surface area contributed by atoms with E-state index in [1.807, 2.05) is 73.7 Å². The fourth-order valence-corrected chi connectivity index (χ4v) is 3.26. The summed E-state index contributed by atoms with van der Waals surface area (Å²) in [5.74, 6) is -0.132. The number of aromatic nitrogens is 1. The Balaban J connectivity index is 1.73. The van der Waals surface area contributed by atoms with E-state index in [0.717, 1.165) is 16.8 Å². The molecule has 3 rings (SSSR count). The third-order valence-electron chi connectivity index (χ3n) is 3.65. The largest absolute Gasteiger partial charge is 0.316 e. The van der Waals surface area contributed by atoms with Crippen molar-refractivity contribution >= 4 is 39.7 Å². The first-order valence-electron chi connectivity index (χ1n) is 8.48. The van der Waals surface area contributed by atoms with Gasteiger partial charge in [0, 0.05) is 18.7 Å². The Hall–Kier alpha value is -3.25. The van der Waals surface area contributed by atoms with Crippen LogP contribution in [-0.2, 0) is 4.79 Å². The van der Waals surface area contributed by atoms with Crippen LogP contribution in [0, 0.1) is 6.92 Å². The maximum atomic E-state index is 11.5. The van der Waals surface area contributed by atoms with E-state index >= 15 is 0 Å². The molecule has 3 aromatic rings. The quantitative estimate of drug-likeness (QED) is 0.460. The van der Waals surface area contributed by atoms with Crippen molar-refractivity contribution in [3.63, 3.8) is 0 Å². The third-order valence-corrected chi connectivity index (χ3v) is 4.53. The third kappa shape index (κ3) is 5.36. The zero-order chi connectivity index (χ0) is 19.1. The summed E-state index contributed by atoms with van der Waals surface area (Å²) in [7, 11) is 0. The zero-order valence-corrected chi connectivity index (χ0v) is 16.0. The van der Waals surface area contributed by atoms with Crippen LogP contribution in [0.25, 0.3) is 17.3 Å². The van der Waals surface area contributed by atoms with Crippen LogP contribution in [0.1, 0.15) is 18.1 Å². The topological polar surface area (TPSA) is 66.4 Å². The number of nitrogens with one attached hydrogen (secondary N) is 2. The molecule has 2 N–H and O–H groups in total. The van der Waals surface area contributed by atoms with Crippen LogP contribution in [0.3, 0.4) is 0 Å². The maximum absolute atomic E-state index is 11.5. The monoisotopic (exact) mass is 376 g/mol. The molecule has 136 valence electrons. The van der Waals surface area contributed by atoms with Gasteiger partial charge in [0.1, 0.15) is 10.7 Å². The highest BCUT2D eigenvalue weighted by molar-refractivity contribution is 7.20. The van der Waals surface area contributed by atoms with Crippen molar-refractivity contribution in [2.24, 2.45) is 5.10 Å². The van der Waals surface area contributed by atoms with E-state index in [9.17, 15) is 4.79 Å². The summed E-state index contributed by atoms with van der Waals surface area (Å²) < 4.78 is 0. The number of carbonyl (C=O) groups is 1. The summed E-state index contributed by atoms with van der Waals surface area (Å²) in [6, 6.07) is 18.0. The Bertz CT molecular complexity index is 960. The van der Waals surface area contributed by atoms with Crippen LogP contribution in [0.5, 0.6) is 0 Å². The lowest BCUT2D eigenvalue weighted by molar-refractivity contribution is -0.114. The molecule has 0 aliphatic rings. The molecule has 0 spiro atoms. The average molecular weight is 376 g/mol. The summed E-state index contributed by atoms with van der Waals surface area (Å²) in [6.07, 6.45) is 5.48. The molecule has 0 saturated heterocycles. The van der Waals surface area contributed by atoms with Gasteiger partial charge in [-0.15, -0.1) is 0 Å². The minimum Gasteiger partial charge on any atom is -0.316 e. The van der Waals surface area contributed by atoms with Gasteiger partial charge in [0.15, 0.2) is 0 Å². The highest BCUT2D eigenvalue weighted by Crippen LogP contribution is 2.36. The number of nitrogens with zero attached hydrogens (tertiary/aromatic N) is 2. The van der Waals surface area contributed by atoms with Crippen molar-refractivity contribution in [1.82, 2.24) is 4.98 Å². The van der Waals surface area contributed by atoms with Gasteiger partial charge in [-0.05, 0) is 18.6 Å². The number of carbonyl (C=O) groups excluding carboxylic acids is 1. The van der Waals surface area contributed by atoms with E-state index < -0.39 is 0 Å². The maximum Gasteiger partial charge on any atom is 0.221 e. The van der Waals surface area contributed by atoms with Gasteiger partial charge in [0.25, 0.3) is 0 Å². The van der Waals surface area contributed by atoms with Gasteiger partial charge in [0.2, 0.25) is 11.0 Å². The number of hydrogen-bond acceptors (Lipinski definition) is 5. The second-order valence-electron chi connectivity index (χ2n) is 5.90. The van der Waals surface area contributed by atoms with Crippen molar-refractivity contribution in [2.75, 3.05) is 10.7 Å². The van der Waals surface area contributed by atoms with Crippen LogP contribution < -0.4 is 10.7 Å². The van der Waals surface area contributed by atoms with Crippen molar-refractivity contribution in [1.29, 1.82) is 0 Å². The molecule has 1 heterocycles. The molecule has 0 bridgehead atoms. The Labute approximate surface area is 162 Å². The Morgan fingerprint density at radius 2 is 1.85 bits per heavy atom. The van der Waals surface area contributed by atoms with Gasteiger partial charge in [0.05, 0.1) is 0 Å². The second kappa shape index (κ2) is 8.91. The summed E-state index contributed by atoms with van der Waals surface area (Å²) in [6.45, 7) is 3.52. The standard InChI is InChI=1S/C21H20N4OS/c1-15-10-12-18(13-11-15)19-20(23-16(2)26)27-21(24-19)25-22-14-6-9-17-7-4-3-5-8-17/h3-14H,1-2H3,(H,23,26)(H,24,25). The first kappa shape index (κ1) is 18.5. The SMILES string of the molecule is CC(=O)Nc1sc(NN=CC=Cc2ccccc2)nc1-c1ccc(C)cc1. The number of benzene rings is 2. The number of hydrazone groups is 1. The summed E-state index contributed by atoms with van der Waals surface area (Å²) >= 11 is 1.35. The summed E-state index contributed by atoms with van der Waals surface area (Å²) in [4.78, 5) is 16.1. The minimum absolute atomic E-state index is 0.132. The van der Waals surface area contributed by atoms with Crippen molar-refractivity contribution < 1.29 is 4.79 Å². The molecule has 1 amide bonds. The number of hydrogen-bond donors (Lipinski definition) is 2. The molecule has 0 radical (unpaired) electrons. The molecule has 5 nitrogen and oxygen atoms in total. The van der Waals surface area contributed by atoms with Crippen molar-refractivity contribution in [3.05, 3.63) is 71.8 Å². The zero-order valence-electron chi connectivity index (χ0n) is 15.1. The van der Waals surface area contributed by atoms with Crippen LogP contribution in [-0.4, -0.2) is 17.1 Å². The fraction of sp³-hybridized carbons (Fsp3) is 0.0952. The Morgan fingerprint density at radius 3 is 2.56 bits per heavy atom. The molecule has 2 aromatic carbocycles. The predicted octanol–water partition coefficient (Wildman–Crippen LogP) is 5.19. The first-order valence-corrected chi connectivity index (χ1v) is 9.30. The minimum atomic E-state index is -0.132. The molecule has 1 aromatic heterocycles. The van der Waals surface area contributed by atoms with Gasteiger partial charge in [-0.1, -0.05) is 77.6 Å². The van der Waals surface area contributed by atoms with Crippen molar-refractivity contribution in [2.45, 2.75) is 13.8 Å². The lowest BCUT2D eigenvalue weighted by Crippen LogP contribution is -2.05. The number of allylic oxidation sites excluding steroid dienone is 1. The van der Waals surface area contributed by atoms with E-state index in [0.29, 0.717) is 10.1 Å². The Kier molecular flexibility index (Phi) is 6.12. The number of anilines is 2.